The van der Waals surface area contributed by atoms with Gasteiger partial charge in [0.25, 0.3) is 0 Å². The van der Waals surface area contributed by atoms with Gasteiger partial charge in [-0.25, -0.2) is 0 Å². The van der Waals surface area contributed by atoms with E-state index >= 15 is 0 Å². The largest absolute Gasteiger partial charge is 0.303 e. The van der Waals surface area contributed by atoms with Gasteiger partial charge in [-0.05, 0) is 67.5 Å². The molecule has 0 amide bonds. The summed E-state index contributed by atoms with van der Waals surface area (Å²) in [5.41, 5.74) is 4.40. The maximum absolute atomic E-state index is 4.00. The second-order valence-corrected chi connectivity index (χ2v) is 7.64. The van der Waals surface area contributed by atoms with Crippen molar-refractivity contribution in [3.8, 4) is 0 Å². The zero-order valence-electron chi connectivity index (χ0n) is 12.6. The number of hydrogen-bond donors (Lipinski definition) is 1. The van der Waals surface area contributed by atoms with Crippen LogP contribution >= 0.6 is 11.3 Å². The summed E-state index contributed by atoms with van der Waals surface area (Å²) < 4.78 is 0. The van der Waals surface area contributed by atoms with Crippen LogP contribution in [0.2, 0.25) is 0 Å². The zero-order chi connectivity index (χ0) is 14.2. The first-order valence-corrected chi connectivity index (χ1v) is 9.08. The molecular weight excluding hydrogens is 274 g/mol. The van der Waals surface area contributed by atoms with Crippen LogP contribution in [0.15, 0.2) is 35.7 Å². The number of aryl methyl sites for hydroxylation is 2. The van der Waals surface area contributed by atoms with Gasteiger partial charge >= 0.3 is 0 Å². The van der Waals surface area contributed by atoms with E-state index in [1.165, 1.54) is 43.2 Å². The normalized spacial score (nSPS) is 22.8. The predicted molar refractivity (Wildman–Crippen MR) is 89.8 cm³/mol. The van der Waals surface area contributed by atoms with Crippen molar-refractivity contribution >= 4 is 11.3 Å². The van der Waals surface area contributed by atoms with E-state index in [2.05, 4.69) is 48.0 Å². The van der Waals surface area contributed by atoms with E-state index < -0.39 is 0 Å². The Morgan fingerprint density at radius 1 is 1.10 bits per heavy atom. The highest BCUT2D eigenvalue weighted by Crippen LogP contribution is 2.44. The SMILES string of the molecule is Cc1ccc(C(NC2CCCc3sccc32)C2CC2)cc1. The van der Waals surface area contributed by atoms with Crippen LogP contribution in [-0.4, -0.2) is 0 Å². The molecule has 0 radical (unpaired) electrons. The maximum Gasteiger partial charge on any atom is 0.0354 e. The van der Waals surface area contributed by atoms with Gasteiger partial charge in [-0.3, -0.25) is 0 Å². The van der Waals surface area contributed by atoms with Gasteiger partial charge in [0.05, 0.1) is 0 Å². The summed E-state index contributed by atoms with van der Waals surface area (Å²) in [5, 5.41) is 6.27. The van der Waals surface area contributed by atoms with Crippen molar-refractivity contribution < 1.29 is 0 Å². The molecular formula is C19H23NS. The molecule has 110 valence electrons. The molecule has 21 heavy (non-hydrogen) atoms. The Kier molecular flexibility index (Phi) is 3.60. The molecule has 2 aliphatic carbocycles. The number of benzene rings is 1. The van der Waals surface area contributed by atoms with Gasteiger partial charge in [-0.15, -0.1) is 11.3 Å². The minimum atomic E-state index is 0.543. The highest BCUT2D eigenvalue weighted by atomic mass is 32.1. The van der Waals surface area contributed by atoms with Crippen LogP contribution in [0.5, 0.6) is 0 Å². The molecule has 4 rings (SSSR count). The smallest absolute Gasteiger partial charge is 0.0354 e. The summed E-state index contributed by atoms with van der Waals surface area (Å²) in [6.45, 7) is 2.17. The molecule has 0 aliphatic heterocycles. The quantitative estimate of drug-likeness (QED) is 0.820. The fraction of sp³-hybridized carbons (Fsp3) is 0.474. The summed E-state index contributed by atoms with van der Waals surface area (Å²) in [4.78, 5) is 1.61. The van der Waals surface area contributed by atoms with Crippen molar-refractivity contribution in [2.24, 2.45) is 5.92 Å². The van der Waals surface area contributed by atoms with Crippen molar-refractivity contribution in [2.45, 2.75) is 51.1 Å². The Balaban J connectivity index is 1.58. The van der Waals surface area contributed by atoms with Crippen molar-refractivity contribution in [1.82, 2.24) is 5.32 Å². The first kappa shape index (κ1) is 13.5. The highest BCUT2D eigenvalue weighted by molar-refractivity contribution is 7.10. The van der Waals surface area contributed by atoms with Gasteiger partial charge < -0.3 is 5.32 Å². The molecule has 2 heteroatoms. The van der Waals surface area contributed by atoms with Gasteiger partial charge in [-0.1, -0.05) is 29.8 Å². The summed E-state index contributed by atoms with van der Waals surface area (Å²) in [6, 6.07) is 12.6. The van der Waals surface area contributed by atoms with Crippen molar-refractivity contribution in [3.05, 3.63) is 57.3 Å². The third-order valence-corrected chi connectivity index (χ3v) is 5.96. The van der Waals surface area contributed by atoms with Gasteiger partial charge in [0.1, 0.15) is 0 Å². The van der Waals surface area contributed by atoms with Gasteiger partial charge in [0.15, 0.2) is 0 Å². The standard InChI is InChI=1S/C19H23NS/c1-13-5-7-14(8-6-13)19(15-9-10-15)20-17-3-2-4-18-16(17)11-12-21-18/h5-8,11-12,15,17,19-20H,2-4,9-10H2,1H3. The second-order valence-electron chi connectivity index (χ2n) is 6.64. The summed E-state index contributed by atoms with van der Waals surface area (Å²) in [5.74, 6) is 0.844. The van der Waals surface area contributed by atoms with Gasteiger partial charge in [0, 0.05) is 17.0 Å². The first-order valence-electron chi connectivity index (χ1n) is 8.20. The van der Waals surface area contributed by atoms with Crippen LogP contribution in [-0.2, 0) is 6.42 Å². The van der Waals surface area contributed by atoms with Crippen LogP contribution in [0.25, 0.3) is 0 Å². The lowest BCUT2D eigenvalue weighted by molar-refractivity contribution is 0.376. The molecule has 1 N–H and O–H groups in total. The third kappa shape index (κ3) is 2.79. The van der Waals surface area contributed by atoms with Crippen LogP contribution in [0.3, 0.4) is 0 Å². The molecule has 1 fully saturated rings. The molecule has 2 aliphatic rings. The molecule has 1 aromatic heterocycles. The molecule has 0 spiro atoms. The van der Waals surface area contributed by atoms with E-state index in [1.54, 1.807) is 10.4 Å². The van der Waals surface area contributed by atoms with E-state index in [0.29, 0.717) is 12.1 Å². The van der Waals surface area contributed by atoms with Crippen LogP contribution in [0.1, 0.15) is 59.3 Å². The lowest BCUT2D eigenvalue weighted by atomic mass is 9.91. The fourth-order valence-electron chi connectivity index (χ4n) is 3.58. The highest BCUT2D eigenvalue weighted by Gasteiger charge is 2.34. The van der Waals surface area contributed by atoms with Crippen LogP contribution in [0.4, 0.5) is 0 Å². The Labute approximate surface area is 131 Å². The molecule has 2 aromatic rings. The molecule has 2 atom stereocenters. The summed E-state index contributed by atoms with van der Waals surface area (Å²) >= 11 is 1.94. The lowest BCUT2D eigenvalue weighted by Gasteiger charge is -2.29. The number of hydrogen-bond acceptors (Lipinski definition) is 2. The Bertz CT molecular complexity index is 609. The topological polar surface area (TPSA) is 12.0 Å². The molecule has 1 nitrogen and oxygen atoms in total. The van der Waals surface area contributed by atoms with Gasteiger partial charge in [-0.2, -0.15) is 0 Å². The Morgan fingerprint density at radius 3 is 2.67 bits per heavy atom. The predicted octanol–water partition coefficient (Wildman–Crippen LogP) is 5.17. The average molecular weight is 297 g/mol. The maximum atomic E-state index is 4.00. The van der Waals surface area contributed by atoms with E-state index in [9.17, 15) is 0 Å². The van der Waals surface area contributed by atoms with Crippen molar-refractivity contribution in [2.75, 3.05) is 0 Å². The third-order valence-electron chi connectivity index (χ3n) is 4.96. The van der Waals surface area contributed by atoms with E-state index in [1.807, 2.05) is 11.3 Å². The second kappa shape index (κ2) is 5.58. The molecule has 1 aromatic carbocycles. The van der Waals surface area contributed by atoms with Crippen molar-refractivity contribution in [1.29, 1.82) is 0 Å². The number of rotatable bonds is 4. The fourth-order valence-corrected chi connectivity index (χ4v) is 4.57. The first-order chi connectivity index (χ1) is 10.3. The molecule has 2 unspecified atom stereocenters. The molecule has 1 saturated carbocycles. The Hall–Kier alpha value is -1.12. The van der Waals surface area contributed by atoms with Crippen LogP contribution in [0, 0.1) is 12.8 Å². The van der Waals surface area contributed by atoms with Gasteiger partial charge in [0.2, 0.25) is 0 Å². The minimum Gasteiger partial charge on any atom is -0.303 e. The number of nitrogens with one attached hydrogen (secondary N) is 1. The molecule has 0 bridgehead atoms. The molecule has 1 heterocycles. The summed E-state index contributed by atoms with van der Waals surface area (Å²) in [7, 11) is 0. The van der Waals surface area contributed by atoms with E-state index in [-0.39, 0.29) is 0 Å². The lowest BCUT2D eigenvalue weighted by Crippen LogP contribution is -2.29. The van der Waals surface area contributed by atoms with E-state index in [4.69, 9.17) is 0 Å². The van der Waals surface area contributed by atoms with E-state index in [0.717, 1.165) is 5.92 Å². The van der Waals surface area contributed by atoms with Crippen molar-refractivity contribution in [3.63, 3.8) is 0 Å². The average Bonchev–Trinajstić information content (AvgIpc) is 3.22. The Morgan fingerprint density at radius 2 is 1.90 bits per heavy atom. The van der Waals surface area contributed by atoms with Crippen LogP contribution < -0.4 is 5.32 Å². The number of thiophene rings is 1. The monoisotopic (exact) mass is 297 g/mol. The zero-order valence-corrected chi connectivity index (χ0v) is 13.5. The minimum absolute atomic E-state index is 0.543. The molecule has 0 saturated heterocycles. The number of fused-ring (bicyclic) bond motifs is 1. The summed E-state index contributed by atoms with van der Waals surface area (Å²) in [6.07, 6.45) is 6.67.